The van der Waals surface area contributed by atoms with Gasteiger partial charge in [-0.3, -0.25) is 9.59 Å². The number of carboxylic acids is 1. The van der Waals surface area contributed by atoms with Crippen LogP contribution in [0.5, 0.6) is 0 Å². The Balaban J connectivity index is 0.00000129. The fourth-order valence-corrected chi connectivity index (χ4v) is 2.80. The first-order chi connectivity index (χ1) is 13.3. The Bertz CT molecular complexity index is 546. The second kappa shape index (κ2) is 16.0. The van der Waals surface area contributed by atoms with Crippen LogP contribution in [-0.2, 0) is 9.59 Å². The number of hydrogen-bond acceptors (Lipinski definition) is 3. The number of amides is 1. The van der Waals surface area contributed by atoms with Crippen molar-refractivity contribution in [2.75, 3.05) is 6.54 Å². The van der Waals surface area contributed by atoms with Crippen LogP contribution >= 0.6 is 0 Å². The summed E-state index contributed by atoms with van der Waals surface area (Å²) in [5.74, 6) is -0.557. The number of allylic oxidation sites excluding steroid dienone is 5. The molecule has 5 heteroatoms. The van der Waals surface area contributed by atoms with Gasteiger partial charge in [0.15, 0.2) is 0 Å². The van der Waals surface area contributed by atoms with Crippen LogP contribution in [0.15, 0.2) is 35.6 Å². The molecule has 0 saturated heterocycles. The predicted molar refractivity (Wildman–Crippen MR) is 117 cm³/mol. The maximum Gasteiger partial charge on any atom is 0.303 e. The number of hydrogen-bond donors (Lipinski definition) is 3. The van der Waals surface area contributed by atoms with Crippen molar-refractivity contribution in [1.82, 2.24) is 10.6 Å². The van der Waals surface area contributed by atoms with Crippen LogP contribution in [0, 0.1) is 0 Å². The lowest BCUT2D eigenvalue weighted by Crippen LogP contribution is -2.33. The highest BCUT2D eigenvalue weighted by atomic mass is 16.4. The van der Waals surface area contributed by atoms with Gasteiger partial charge in [0.05, 0.1) is 0 Å². The SMILES string of the molecule is C=C(/C=C\C1=C(C)NCCC1)CCCCC(=O)NC(CC)CC.CCC(=O)O. The van der Waals surface area contributed by atoms with Gasteiger partial charge in [0, 0.05) is 31.1 Å². The van der Waals surface area contributed by atoms with Crippen molar-refractivity contribution in [3.63, 3.8) is 0 Å². The second-order valence-electron chi connectivity index (χ2n) is 7.21. The third-order valence-electron chi connectivity index (χ3n) is 4.82. The first kappa shape index (κ1) is 26.0. The van der Waals surface area contributed by atoms with E-state index in [1.54, 1.807) is 6.92 Å². The Morgan fingerprint density at radius 2 is 1.82 bits per heavy atom. The monoisotopic (exact) mass is 392 g/mol. The summed E-state index contributed by atoms with van der Waals surface area (Å²) in [6, 6.07) is 0.334. The lowest BCUT2D eigenvalue weighted by Gasteiger charge is -2.17. The quantitative estimate of drug-likeness (QED) is 0.337. The number of carbonyl (C=O) groups excluding carboxylic acids is 1. The molecule has 28 heavy (non-hydrogen) atoms. The summed E-state index contributed by atoms with van der Waals surface area (Å²) < 4.78 is 0. The maximum absolute atomic E-state index is 11.8. The molecule has 0 bridgehead atoms. The molecule has 1 amide bonds. The molecule has 0 spiro atoms. The van der Waals surface area contributed by atoms with E-state index in [9.17, 15) is 9.59 Å². The van der Waals surface area contributed by atoms with Crippen molar-refractivity contribution in [1.29, 1.82) is 0 Å². The summed E-state index contributed by atoms with van der Waals surface area (Å²) in [5, 5.41) is 14.2. The van der Waals surface area contributed by atoms with E-state index in [4.69, 9.17) is 5.11 Å². The van der Waals surface area contributed by atoms with E-state index < -0.39 is 5.97 Å². The average Bonchev–Trinajstić information content (AvgIpc) is 2.69. The fraction of sp³-hybridized carbons (Fsp3) is 0.652. The van der Waals surface area contributed by atoms with Crippen LogP contribution in [0.1, 0.15) is 85.5 Å². The summed E-state index contributed by atoms with van der Waals surface area (Å²) >= 11 is 0. The van der Waals surface area contributed by atoms with Gasteiger partial charge in [0.25, 0.3) is 0 Å². The Morgan fingerprint density at radius 3 is 2.36 bits per heavy atom. The third-order valence-corrected chi connectivity index (χ3v) is 4.82. The molecular formula is C23H40N2O3. The van der Waals surface area contributed by atoms with Gasteiger partial charge in [-0.25, -0.2) is 0 Å². The summed E-state index contributed by atoms with van der Waals surface area (Å²) in [4.78, 5) is 21.2. The minimum atomic E-state index is -0.745. The molecule has 160 valence electrons. The van der Waals surface area contributed by atoms with Crippen LogP contribution in [-0.4, -0.2) is 29.6 Å². The molecule has 0 aromatic carbocycles. The number of carbonyl (C=O) groups is 2. The summed E-state index contributed by atoms with van der Waals surface area (Å²) in [7, 11) is 0. The Hall–Kier alpha value is -2.04. The predicted octanol–water partition coefficient (Wildman–Crippen LogP) is 5.10. The molecule has 0 aromatic rings. The molecule has 1 rings (SSSR count). The van der Waals surface area contributed by atoms with Crippen molar-refractivity contribution in [2.24, 2.45) is 0 Å². The molecular weight excluding hydrogens is 352 g/mol. The second-order valence-corrected chi connectivity index (χ2v) is 7.21. The highest BCUT2D eigenvalue weighted by Crippen LogP contribution is 2.17. The van der Waals surface area contributed by atoms with Crippen LogP contribution < -0.4 is 10.6 Å². The van der Waals surface area contributed by atoms with Crippen LogP contribution in [0.2, 0.25) is 0 Å². The number of aliphatic carboxylic acids is 1. The Morgan fingerprint density at radius 1 is 1.21 bits per heavy atom. The van der Waals surface area contributed by atoms with Crippen LogP contribution in [0.3, 0.4) is 0 Å². The van der Waals surface area contributed by atoms with E-state index in [1.807, 2.05) is 0 Å². The van der Waals surface area contributed by atoms with E-state index >= 15 is 0 Å². The Kier molecular flexibility index (Phi) is 14.8. The summed E-state index contributed by atoms with van der Waals surface area (Å²) in [5.41, 5.74) is 3.83. The van der Waals surface area contributed by atoms with Gasteiger partial charge in [0.2, 0.25) is 5.91 Å². The van der Waals surface area contributed by atoms with Gasteiger partial charge >= 0.3 is 5.97 Å². The van der Waals surface area contributed by atoms with E-state index in [-0.39, 0.29) is 12.3 Å². The van der Waals surface area contributed by atoms with Gasteiger partial charge in [-0.1, -0.05) is 45.1 Å². The molecule has 0 radical (unpaired) electrons. The standard InChI is InChI=1S/C20H34N2O.C3H6O2/c1-5-19(6-2)22-20(23)12-8-7-10-16(3)13-14-18-11-9-15-21-17(18)4;1-2-3(4)5/h13-14,19,21H,3,5-12,15H2,1-2,4H3,(H,22,23);2H2,1H3,(H,4,5)/b14-13-;. The van der Waals surface area contributed by atoms with Crippen molar-refractivity contribution in [3.05, 3.63) is 35.6 Å². The van der Waals surface area contributed by atoms with Gasteiger partial charge in [-0.05, 0) is 57.4 Å². The van der Waals surface area contributed by atoms with Gasteiger partial charge < -0.3 is 15.7 Å². The molecule has 0 unspecified atom stereocenters. The zero-order valence-corrected chi connectivity index (χ0v) is 18.3. The largest absolute Gasteiger partial charge is 0.481 e. The number of nitrogens with one attached hydrogen (secondary N) is 2. The summed E-state index contributed by atoms with van der Waals surface area (Å²) in [6.45, 7) is 13.2. The molecule has 1 aliphatic rings. The van der Waals surface area contributed by atoms with Gasteiger partial charge in [0.1, 0.15) is 0 Å². The number of rotatable bonds is 11. The molecule has 0 aliphatic carbocycles. The lowest BCUT2D eigenvalue weighted by atomic mass is 10.0. The third kappa shape index (κ3) is 13.2. The molecule has 0 saturated carbocycles. The van der Waals surface area contributed by atoms with E-state index in [0.29, 0.717) is 12.5 Å². The first-order valence-electron chi connectivity index (χ1n) is 10.6. The molecule has 0 aromatic heterocycles. The van der Waals surface area contributed by atoms with E-state index in [2.05, 4.69) is 50.1 Å². The smallest absolute Gasteiger partial charge is 0.303 e. The van der Waals surface area contributed by atoms with E-state index in [1.165, 1.54) is 17.7 Å². The summed E-state index contributed by atoms with van der Waals surface area (Å²) in [6.07, 6.45) is 12.5. The zero-order chi connectivity index (χ0) is 21.4. The molecule has 0 atom stereocenters. The van der Waals surface area contributed by atoms with Gasteiger partial charge in [-0.2, -0.15) is 0 Å². The number of unbranched alkanes of at least 4 members (excludes halogenated alkanes) is 1. The van der Waals surface area contributed by atoms with Crippen molar-refractivity contribution >= 4 is 11.9 Å². The zero-order valence-electron chi connectivity index (χ0n) is 18.3. The van der Waals surface area contributed by atoms with Crippen molar-refractivity contribution in [2.45, 2.75) is 91.5 Å². The molecule has 3 N–H and O–H groups in total. The first-order valence-corrected chi connectivity index (χ1v) is 10.6. The molecule has 0 fully saturated rings. The highest BCUT2D eigenvalue weighted by Gasteiger charge is 2.08. The van der Waals surface area contributed by atoms with Crippen molar-refractivity contribution < 1.29 is 14.7 Å². The van der Waals surface area contributed by atoms with Crippen molar-refractivity contribution in [3.8, 4) is 0 Å². The molecule has 5 nitrogen and oxygen atoms in total. The number of carboxylic acid groups (broad SMARTS) is 1. The average molecular weight is 393 g/mol. The minimum Gasteiger partial charge on any atom is -0.481 e. The fourth-order valence-electron chi connectivity index (χ4n) is 2.80. The van der Waals surface area contributed by atoms with Gasteiger partial charge in [-0.15, -0.1) is 0 Å². The van der Waals surface area contributed by atoms with Crippen LogP contribution in [0.4, 0.5) is 0 Å². The topological polar surface area (TPSA) is 78.4 Å². The molecule has 1 heterocycles. The molecule has 1 aliphatic heterocycles. The minimum absolute atomic E-state index is 0.189. The normalized spacial score (nSPS) is 13.8. The highest BCUT2D eigenvalue weighted by molar-refractivity contribution is 5.76. The van der Waals surface area contributed by atoms with E-state index in [0.717, 1.165) is 50.6 Å². The Labute approximate surface area is 171 Å². The van der Waals surface area contributed by atoms with Crippen LogP contribution in [0.25, 0.3) is 0 Å². The lowest BCUT2D eigenvalue weighted by molar-refractivity contribution is -0.136. The maximum atomic E-state index is 11.8.